The fourth-order valence-electron chi connectivity index (χ4n) is 4.74. The van der Waals surface area contributed by atoms with Gasteiger partial charge in [-0.2, -0.15) is 0 Å². The van der Waals surface area contributed by atoms with Gasteiger partial charge in [-0.15, -0.1) is 0 Å². The van der Waals surface area contributed by atoms with E-state index >= 15 is 0 Å². The Morgan fingerprint density at radius 3 is 2.47 bits per heavy atom. The first-order valence-corrected chi connectivity index (χ1v) is 8.63. The molecule has 1 aliphatic carbocycles. The van der Waals surface area contributed by atoms with Gasteiger partial charge in [-0.25, -0.2) is 0 Å². The molecule has 0 bridgehead atoms. The van der Waals surface area contributed by atoms with Crippen LogP contribution in [0.1, 0.15) is 44.9 Å². The number of piperidine rings is 1. The van der Waals surface area contributed by atoms with E-state index < -0.39 is 0 Å². The molecule has 0 aromatic heterocycles. The maximum Gasteiger partial charge on any atom is 0.0264 e. The lowest BCUT2D eigenvalue weighted by Gasteiger charge is -2.38. The van der Waals surface area contributed by atoms with Crippen LogP contribution >= 0.6 is 0 Å². The minimum absolute atomic E-state index is 0.806. The van der Waals surface area contributed by atoms with Crippen LogP contribution in [0.2, 0.25) is 0 Å². The average Bonchev–Trinajstić information content (AvgIpc) is 3.22. The maximum absolute atomic E-state index is 3.81. The molecule has 3 unspecified atom stereocenters. The third-order valence-corrected chi connectivity index (χ3v) is 5.94. The van der Waals surface area contributed by atoms with E-state index in [0.29, 0.717) is 0 Å². The van der Waals surface area contributed by atoms with E-state index in [1.54, 1.807) is 0 Å². The van der Waals surface area contributed by atoms with Crippen molar-refractivity contribution >= 4 is 0 Å². The summed E-state index contributed by atoms with van der Waals surface area (Å²) in [4.78, 5) is 5.66. The minimum atomic E-state index is 0.806. The Bertz CT molecular complexity index is 315. The predicted octanol–water partition coefficient (Wildman–Crippen LogP) is 1.69. The molecular formula is C16H29N3. The molecular weight excluding hydrogens is 234 g/mol. The third-order valence-electron chi connectivity index (χ3n) is 5.94. The molecule has 0 aromatic carbocycles. The van der Waals surface area contributed by atoms with Gasteiger partial charge < -0.3 is 5.32 Å². The van der Waals surface area contributed by atoms with Crippen molar-refractivity contribution in [1.29, 1.82) is 0 Å². The molecule has 3 aliphatic heterocycles. The normalized spacial score (nSPS) is 42.0. The Balaban J connectivity index is 1.44. The van der Waals surface area contributed by atoms with Gasteiger partial charge in [0.15, 0.2) is 0 Å². The van der Waals surface area contributed by atoms with Gasteiger partial charge in [0.25, 0.3) is 0 Å². The third kappa shape index (κ3) is 2.57. The highest BCUT2D eigenvalue weighted by atomic mass is 15.3. The SMILES string of the molecule is C1CCN2CCC(N3CCCNC(C4CC4)C3)C2C1. The fourth-order valence-corrected chi connectivity index (χ4v) is 4.74. The zero-order valence-corrected chi connectivity index (χ0v) is 12.2. The van der Waals surface area contributed by atoms with Crippen LogP contribution in [0.4, 0.5) is 0 Å². The Hall–Kier alpha value is -0.120. The second-order valence-corrected chi connectivity index (χ2v) is 7.20. The highest BCUT2D eigenvalue weighted by molar-refractivity contribution is 4.98. The summed E-state index contributed by atoms with van der Waals surface area (Å²) >= 11 is 0. The monoisotopic (exact) mass is 263 g/mol. The molecule has 0 radical (unpaired) electrons. The van der Waals surface area contributed by atoms with E-state index in [1.807, 2.05) is 0 Å². The van der Waals surface area contributed by atoms with E-state index in [1.165, 1.54) is 77.7 Å². The summed E-state index contributed by atoms with van der Waals surface area (Å²) in [7, 11) is 0. The van der Waals surface area contributed by atoms with Gasteiger partial charge in [-0.05, 0) is 64.1 Å². The van der Waals surface area contributed by atoms with E-state index in [2.05, 4.69) is 15.1 Å². The Morgan fingerprint density at radius 2 is 1.58 bits per heavy atom. The first-order valence-electron chi connectivity index (χ1n) is 8.63. The van der Waals surface area contributed by atoms with Gasteiger partial charge in [0.05, 0.1) is 0 Å². The first kappa shape index (κ1) is 12.6. The molecule has 3 atom stereocenters. The quantitative estimate of drug-likeness (QED) is 0.818. The van der Waals surface area contributed by atoms with Crippen LogP contribution in [0, 0.1) is 5.92 Å². The zero-order chi connectivity index (χ0) is 12.7. The molecule has 0 amide bonds. The van der Waals surface area contributed by atoms with Crippen molar-refractivity contribution in [2.24, 2.45) is 5.92 Å². The van der Waals surface area contributed by atoms with E-state index in [4.69, 9.17) is 0 Å². The summed E-state index contributed by atoms with van der Waals surface area (Å²) in [5, 5.41) is 3.81. The molecule has 1 saturated carbocycles. The molecule has 4 rings (SSSR count). The highest BCUT2D eigenvalue weighted by Crippen LogP contribution is 2.36. The highest BCUT2D eigenvalue weighted by Gasteiger charge is 2.41. The minimum Gasteiger partial charge on any atom is -0.312 e. The number of hydrogen-bond acceptors (Lipinski definition) is 3. The molecule has 3 heteroatoms. The predicted molar refractivity (Wildman–Crippen MR) is 78.3 cm³/mol. The Kier molecular flexibility index (Phi) is 3.55. The van der Waals surface area contributed by atoms with Crippen LogP contribution < -0.4 is 5.32 Å². The van der Waals surface area contributed by atoms with Crippen LogP contribution in [-0.4, -0.2) is 60.6 Å². The lowest BCUT2D eigenvalue weighted by atomic mass is 9.97. The summed E-state index contributed by atoms with van der Waals surface area (Å²) in [6.07, 6.45) is 10.1. The van der Waals surface area contributed by atoms with Crippen LogP contribution in [0.15, 0.2) is 0 Å². The second kappa shape index (κ2) is 5.34. The lowest BCUT2D eigenvalue weighted by molar-refractivity contribution is 0.111. The smallest absolute Gasteiger partial charge is 0.0264 e. The summed E-state index contributed by atoms with van der Waals surface area (Å²) < 4.78 is 0. The van der Waals surface area contributed by atoms with Crippen LogP contribution in [-0.2, 0) is 0 Å². The van der Waals surface area contributed by atoms with Crippen molar-refractivity contribution in [3.63, 3.8) is 0 Å². The maximum atomic E-state index is 3.81. The standard InChI is InChI=1S/C16H29N3/c1-2-9-18-11-7-16(15(18)4-1)19-10-3-8-17-14(12-19)13-5-6-13/h13-17H,1-12H2. The number of fused-ring (bicyclic) bond motifs is 1. The van der Waals surface area contributed by atoms with Crippen molar-refractivity contribution in [1.82, 2.24) is 15.1 Å². The number of nitrogens with zero attached hydrogens (tertiary/aromatic N) is 2. The second-order valence-electron chi connectivity index (χ2n) is 7.20. The lowest BCUT2D eigenvalue weighted by Crippen LogP contribution is -2.50. The van der Waals surface area contributed by atoms with Crippen molar-refractivity contribution in [3.8, 4) is 0 Å². The summed E-state index contributed by atoms with van der Waals surface area (Å²) in [6.45, 7) is 6.66. The molecule has 108 valence electrons. The van der Waals surface area contributed by atoms with Gasteiger partial charge in [0.2, 0.25) is 0 Å². The number of nitrogens with one attached hydrogen (secondary N) is 1. The molecule has 3 heterocycles. The molecule has 3 nitrogen and oxygen atoms in total. The molecule has 0 aromatic rings. The zero-order valence-electron chi connectivity index (χ0n) is 12.2. The van der Waals surface area contributed by atoms with Crippen molar-refractivity contribution in [3.05, 3.63) is 0 Å². The Morgan fingerprint density at radius 1 is 0.737 bits per heavy atom. The molecule has 3 saturated heterocycles. The molecule has 0 spiro atoms. The van der Waals surface area contributed by atoms with E-state index in [0.717, 1.165) is 24.0 Å². The Labute approximate surface area is 117 Å². The van der Waals surface area contributed by atoms with Crippen LogP contribution in [0.3, 0.4) is 0 Å². The largest absolute Gasteiger partial charge is 0.312 e. The summed E-state index contributed by atoms with van der Waals surface area (Å²) in [5.41, 5.74) is 0. The topological polar surface area (TPSA) is 18.5 Å². The summed E-state index contributed by atoms with van der Waals surface area (Å²) in [6, 6.07) is 2.58. The molecule has 19 heavy (non-hydrogen) atoms. The summed E-state index contributed by atoms with van der Waals surface area (Å²) in [5.74, 6) is 1.00. The van der Waals surface area contributed by atoms with Gasteiger partial charge in [0, 0.05) is 31.2 Å². The number of rotatable bonds is 2. The average molecular weight is 263 g/mol. The molecule has 4 aliphatic rings. The van der Waals surface area contributed by atoms with Crippen LogP contribution in [0.5, 0.6) is 0 Å². The van der Waals surface area contributed by atoms with Gasteiger partial charge >= 0.3 is 0 Å². The first-order chi connectivity index (χ1) is 9.42. The van der Waals surface area contributed by atoms with E-state index in [-0.39, 0.29) is 0 Å². The van der Waals surface area contributed by atoms with Crippen molar-refractivity contribution in [2.45, 2.75) is 63.1 Å². The van der Waals surface area contributed by atoms with Crippen LogP contribution in [0.25, 0.3) is 0 Å². The van der Waals surface area contributed by atoms with Crippen molar-refractivity contribution < 1.29 is 0 Å². The van der Waals surface area contributed by atoms with Gasteiger partial charge in [-0.1, -0.05) is 6.42 Å². The van der Waals surface area contributed by atoms with Crippen molar-refractivity contribution in [2.75, 3.05) is 32.7 Å². The van der Waals surface area contributed by atoms with Gasteiger partial charge in [-0.3, -0.25) is 9.80 Å². The fraction of sp³-hybridized carbons (Fsp3) is 1.00. The number of hydrogen-bond donors (Lipinski definition) is 1. The molecule has 1 N–H and O–H groups in total. The van der Waals surface area contributed by atoms with Gasteiger partial charge in [0.1, 0.15) is 0 Å². The van der Waals surface area contributed by atoms with E-state index in [9.17, 15) is 0 Å². The molecule has 4 fully saturated rings.